The van der Waals surface area contributed by atoms with Gasteiger partial charge in [-0.2, -0.15) is 0 Å². The molecule has 0 spiro atoms. The van der Waals surface area contributed by atoms with Crippen LogP contribution in [0, 0.1) is 0 Å². The van der Waals surface area contributed by atoms with Gasteiger partial charge < -0.3 is 15.0 Å². The lowest BCUT2D eigenvalue weighted by atomic mass is 10.1. The Bertz CT molecular complexity index is 564. The Labute approximate surface area is 134 Å². The number of nitrogens with zero attached hydrogens (tertiary/aromatic N) is 1. The zero-order valence-corrected chi connectivity index (χ0v) is 14.3. The second-order valence-electron chi connectivity index (χ2n) is 6.23. The number of rotatable bonds is 4. The summed E-state index contributed by atoms with van der Waals surface area (Å²) in [6.45, 7) is 11.6. The number of carbonyl (C=O) groups is 1. The van der Waals surface area contributed by atoms with Crippen LogP contribution in [0.2, 0.25) is 0 Å². The molecule has 0 bridgehead atoms. The first-order valence-electron chi connectivity index (χ1n) is 6.91. The molecule has 0 atom stereocenters. The van der Waals surface area contributed by atoms with Gasteiger partial charge in [-0.05, 0) is 44.5 Å². The summed E-state index contributed by atoms with van der Waals surface area (Å²) < 4.78 is 6.38. The van der Waals surface area contributed by atoms with Crippen LogP contribution >= 0.6 is 15.9 Å². The lowest BCUT2D eigenvalue weighted by Crippen LogP contribution is -2.43. The number of amides is 1. The van der Waals surface area contributed by atoms with Crippen LogP contribution < -0.4 is 15.0 Å². The topological polar surface area (TPSA) is 41.6 Å². The number of fused-ring (bicyclic) bond motifs is 1. The first kappa shape index (κ1) is 16.0. The Morgan fingerprint density at radius 2 is 2.19 bits per heavy atom. The second-order valence-corrected chi connectivity index (χ2v) is 7.15. The van der Waals surface area contributed by atoms with E-state index in [9.17, 15) is 4.79 Å². The minimum atomic E-state index is -0.0440. The predicted octanol–water partition coefficient (Wildman–Crippen LogP) is 3.12. The number of nitrogens with one attached hydrogen (secondary N) is 1. The highest BCUT2D eigenvalue weighted by atomic mass is 79.9. The van der Waals surface area contributed by atoms with Crippen molar-refractivity contribution in [1.82, 2.24) is 5.32 Å². The molecule has 1 heterocycles. The molecule has 1 aromatic rings. The number of ether oxygens (including phenoxy) is 1. The Morgan fingerprint density at radius 3 is 2.86 bits per heavy atom. The summed E-state index contributed by atoms with van der Waals surface area (Å²) in [4.78, 5) is 13.9. The third kappa shape index (κ3) is 4.32. The van der Waals surface area contributed by atoms with Crippen LogP contribution in [-0.2, 0) is 4.79 Å². The Balaban J connectivity index is 2.11. The van der Waals surface area contributed by atoms with Gasteiger partial charge in [0, 0.05) is 23.1 Å². The summed E-state index contributed by atoms with van der Waals surface area (Å²) in [5, 5.41) is 3.38. The van der Waals surface area contributed by atoms with E-state index in [1.54, 1.807) is 4.90 Å². The maximum atomic E-state index is 12.1. The van der Waals surface area contributed by atoms with Crippen molar-refractivity contribution in [2.45, 2.75) is 26.3 Å². The minimum Gasteiger partial charge on any atom is -0.482 e. The van der Waals surface area contributed by atoms with Crippen molar-refractivity contribution in [2.75, 3.05) is 24.6 Å². The number of carbonyl (C=O) groups excluding carboxylic acids is 1. The zero-order chi connectivity index (χ0) is 15.6. The van der Waals surface area contributed by atoms with Crippen molar-refractivity contribution in [2.24, 2.45) is 0 Å². The van der Waals surface area contributed by atoms with Crippen molar-refractivity contribution < 1.29 is 9.53 Å². The van der Waals surface area contributed by atoms with Crippen molar-refractivity contribution >= 4 is 27.5 Å². The summed E-state index contributed by atoms with van der Waals surface area (Å²) in [5.74, 6) is 0.687. The quantitative estimate of drug-likeness (QED) is 0.846. The molecule has 0 saturated carbocycles. The third-order valence-electron chi connectivity index (χ3n) is 3.11. The first-order valence-corrected chi connectivity index (χ1v) is 7.70. The maximum Gasteiger partial charge on any atom is 0.265 e. The molecule has 5 heteroatoms. The molecule has 0 radical (unpaired) electrons. The molecule has 1 aliphatic rings. The van der Waals surface area contributed by atoms with E-state index in [0.29, 0.717) is 13.1 Å². The smallest absolute Gasteiger partial charge is 0.265 e. The van der Waals surface area contributed by atoms with Crippen LogP contribution in [0.5, 0.6) is 5.75 Å². The fourth-order valence-corrected chi connectivity index (χ4v) is 2.37. The molecule has 114 valence electrons. The molecular weight excluding hydrogens is 332 g/mol. The summed E-state index contributed by atoms with van der Waals surface area (Å²) >= 11 is 3.43. The molecule has 4 nitrogen and oxygen atoms in total. The average Bonchev–Trinajstić information content (AvgIpc) is 2.39. The lowest BCUT2D eigenvalue weighted by molar-refractivity contribution is -0.121. The number of benzene rings is 1. The fourth-order valence-electron chi connectivity index (χ4n) is 2.02. The van der Waals surface area contributed by atoms with E-state index in [2.05, 4.69) is 48.6 Å². The summed E-state index contributed by atoms with van der Waals surface area (Å²) in [6, 6.07) is 5.68. The van der Waals surface area contributed by atoms with E-state index in [1.807, 2.05) is 18.2 Å². The molecule has 2 rings (SSSR count). The summed E-state index contributed by atoms with van der Waals surface area (Å²) in [7, 11) is 0. The van der Waals surface area contributed by atoms with Crippen molar-refractivity contribution in [3.05, 3.63) is 34.8 Å². The van der Waals surface area contributed by atoms with Gasteiger partial charge in [-0.1, -0.05) is 22.5 Å². The van der Waals surface area contributed by atoms with Gasteiger partial charge in [0.05, 0.1) is 5.69 Å². The Hall–Kier alpha value is -1.33. The normalized spacial score (nSPS) is 14.7. The molecule has 0 fully saturated rings. The van der Waals surface area contributed by atoms with Crippen molar-refractivity contribution in [3.63, 3.8) is 0 Å². The molecule has 1 amide bonds. The molecule has 0 saturated heterocycles. The van der Waals surface area contributed by atoms with Gasteiger partial charge in [-0.15, -0.1) is 0 Å². The van der Waals surface area contributed by atoms with E-state index in [0.717, 1.165) is 21.5 Å². The van der Waals surface area contributed by atoms with Crippen LogP contribution in [0.4, 0.5) is 5.69 Å². The highest BCUT2D eigenvalue weighted by Crippen LogP contribution is 2.34. The van der Waals surface area contributed by atoms with E-state index < -0.39 is 0 Å². The summed E-state index contributed by atoms with van der Waals surface area (Å²) in [6.07, 6.45) is 0. The number of hydrogen-bond donors (Lipinski definition) is 1. The van der Waals surface area contributed by atoms with Crippen LogP contribution in [0.3, 0.4) is 0 Å². The Morgan fingerprint density at radius 1 is 1.48 bits per heavy atom. The van der Waals surface area contributed by atoms with Crippen LogP contribution in [-0.4, -0.2) is 31.1 Å². The van der Waals surface area contributed by atoms with Crippen LogP contribution in [0.1, 0.15) is 20.8 Å². The van der Waals surface area contributed by atoms with Crippen LogP contribution in [0.15, 0.2) is 34.8 Å². The van der Waals surface area contributed by atoms with Gasteiger partial charge in [0.1, 0.15) is 5.75 Å². The molecule has 1 aliphatic heterocycles. The lowest BCUT2D eigenvalue weighted by Gasteiger charge is -2.31. The van der Waals surface area contributed by atoms with E-state index in [-0.39, 0.29) is 18.1 Å². The van der Waals surface area contributed by atoms with Gasteiger partial charge in [-0.25, -0.2) is 0 Å². The van der Waals surface area contributed by atoms with E-state index in [4.69, 9.17) is 4.74 Å². The average molecular weight is 353 g/mol. The monoisotopic (exact) mass is 352 g/mol. The fraction of sp³-hybridized carbons (Fsp3) is 0.438. The minimum absolute atomic E-state index is 0.0267. The maximum absolute atomic E-state index is 12.1. The van der Waals surface area contributed by atoms with Gasteiger partial charge in [-0.3, -0.25) is 4.79 Å². The largest absolute Gasteiger partial charge is 0.482 e. The van der Waals surface area contributed by atoms with Gasteiger partial charge in [0.2, 0.25) is 0 Å². The molecule has 0 unspecified atom stereocenters. The second kappa shape index (κ2) is 6.20. The SMILES string of the molecule is C=C(CNC(C)(C)C)CN1C(=O)COc2ccc(Br)cc21. The molecular formula is C16H21BrN2O2. The highest BCUT2D eigenvalue weighted by Gasteiger charge is 2.26. The van der Waals surface area contributed by atoms with Gasteiger partial charge >= 0.3 is 0 Å². The van der Waals surface area contributed by atoms with E-state index >= 15 is 0 Å². The number of anilines is 1. The van der Waals surface area contributed by atoms with Gasteiger partial charge in [0.25, 0.3) is 5.91 Å². The predicted molar refractivity (Wildman–Crippen MR) is 88.9 cm³/mol. The molecule has 21 heavy (non-hydrogen) atoms. The van der Waals surface area contributed by atoms with E-state index in [1.165, 1.54) is 0 Å². The standard InChI is InChI=1S/C16H21BrN2O2/c1-11(8-18-16(2,3)4)9-19-13-7-12(17)5-6-14(13)21-10-15(19)20/h5-7,18H,1,8-10H2,2-4H3. The molecule has 0 aliphatic carbocycles. The molecule has 1 aromatic carbocycles. The van der Waals surface area contributed by atoms with Crippen molar-refractivity contribution in [3.8, 4) is 5.75 Å². The van der Waals surface area contributed by atoms with Gasteiger partial charge in [0.15, 0.2) is 6.61 Å². The van der Waals surface area contributed by atoms with Crippen molar-refractivity contribution in [1.29, 1.82) is 0 Å². The number of hydrogen-bond acceptors (Lipinski definition) is 3. The summed E-state index contributed by atoms with van der Waals surface area (Å²) in [5.41, 5.74) is 1.78. The highest BCUT2D eigenvalue weighted by molar-refractivity contribution is 9.10. The van der Waals surface area contributed by atoms with Crippen LogP contribution in [0.25, 0.3) is 0 Å². The third-order valence-corrected chi connectivity index (χ3v) is 3.61. The Kier molecular flexibility index (Phi) is 4.74. The molecule has 1 N–H and O–H groups in total. The number of halogens is 1. The first-order chi connectivity index (χ1) is 9.76. The zero-order valence-electron chi connectivity index (χ0n) is 12.7. The molecule has 0 aromatic heterocycles.